The smallest absolute Gasteiger partial charge is 0.253 e. The van der Waals surface area contributed by atoms with E-state index in [2.05, 4.69) is 17.2 Å². The molecular formula is C19H24N2O2S. The average Bonchev–Trinajstić information content (AvgIpc) is 3.10. The van der Waals surface area contributed by atoms with Gasteiger partial charge in [0, 0.05) is 30.5 Å². The van der Waals surface area contributed by atoms with Gasteiger partial charge in [0.15, 0.2) is 0 Å². The van der Waals surface area contributed by atoms with Gasteiger partial charge in [-0.05, 0) is 37.1 Å². The molecule has 0 spiro atoms. The first-order chi connectivity index (χ1) is 11.6. The average molecular weight is 344 g/mol. The van der Waals surface area contributed by atoms with Gasteiger partial charge in [0.2, 0.25) is 5.91 Å². The zero-order valence-electron chi connectivity index (χ0n) is 14.3. The summed E-state index contributed by atoms with van der Waals surface area (Å²) in [5, 5.41) is 3.48. The Bertz CT molecular complexity index is 623. The Morgan fingerprint density at radius 3 is 2.50 bits per heavy atom. The van der Waals surface area contributed by atoms with E-state index in [-0.39, 0.29) is 11.8 Å². The molecule has 128 valence electrons. The fraction of sp³-hybridized carbons (Fsp3) is 0.474. The molecule has 0 atom stereocenters. The molecule has 2 amide bonds. The molecule has 1 aliphatic carbocycles. The molecule has 1 aromatic rings. The molecule has 1 aromatic carbocycles. The maximum Gasteiger partial charge on any atom is 0.253 e. The Morgan fingerprint density at radius 2 is 1.88 bits per heavy atom. The molecule has 0 radical (unpaired) electrons. The van der Waals surface area contributed by atoms with E-state index in [1.807, 2.05) is 12.1 Å². The molecule has 4 nitrogen and oxygen atoms in total. The van der Waals surface area contributed by atoms with Crippen LogP contribution in [0.3, 0.4) is 0 Å². The topological polar surface area (TPSA) is 49.4 Å². The minimum atomic E-state index is -0.0264. The molecule has 1 N–H and O–H groups in total. The fourth-order valence-corrected chi connectivity index (χ4v) is 3.70. The normalized spacial score (nSPS) is 13.9. The second-order valence-corrected chi connectivity index (χ2v) is 7.36. The maximum atomic E-state index is 11.8. The Kier molecular flexibility index (Phi) is 7.20. The number of benzene rings is 1. The van der Waals surface area contributed by atoms with E-state index in [9.17, 15) is 9.59 Å². The van der Waals surface area contributed by atoms with Gasteiger partial charge >= 0.3 is 0 Å². The predicted molar refractivity (Wildman–Crippen MR) is 99.1 cm³/mol. The van der Waals surface area contributed by atoms with Crippen molar-refractivity contribution in [3.05, 3.63) is 35.4 Å². The Balaban J connectivity index is 1.72. The minimum absolute atomic E-state index is 0.0264. The van der Waals surface area contributed by atoms with Crippen molar-refractivity contribution in [3.63, 3.8) is 0 Å². The number of nitrogens with zero attached hydrogens (tertiary/aromatic N) is 1. The number of amides is 2. The van der Waals surface area contributed by atoms with E-state index in [0.29, 0.717) is 23.1 Å². The van der Waals surface area contributed by atoms with Crippen LogP contribution in [0.15, 0.2) is 24.3 Å². The SMILES string of the molecule is CN(C)C(=O)c1ccc(C#CCNC(=O)CSC2CCCC2)cc1. The largest absolute Gasteiger partial charge is 0.345 e. The summed E-state index contributed by atoms with van der Waals surface area (Å²) in [5.74, 6) is 6.49. The summed E-state index contributed by atoms with van der Waals surface area (Å²) in [7, 11) is 3.45. The summed E-state index contributed by atoms with van der Waals surface area (Å²) < 4.78 is 0. The molecule has 1 aliphatic rings. The lowest BCUT2D eigenvalue weighted by molar-refractivity contribution is -0.118. The van der Waals surface area contributed by atoms with Gasteiger partial charge in [0.1, 0.15) is 0 Å². The van der Waals surface area contributed by atoms with Crippen molar-refractivity contribution in [1.82, 2.24) is 10.2 Å². The summed E-state index contributed by atoms with van der Waals surface area (Å²) in [5.41, 5.74) is 1.47. The van der Waals surface area contributed by atoms with Crippen molar-refractivity contribution in [2.24, 2.45) is 0 Å². The van der Waals surface area contributed by atoms with Crippen LogP contribution in [0.4, 0.5) is 0 Å². The quantitative estimate of drug-likeness (QED) is 0.835. The monoisotopic (exact) mass is 344 g/mol. The summed E-state index contributed by atoms with van der Waals surface area (Å²) in [6.07, 6.45) is 5.07. The number of hydrogen-bond donors (Lipinski definition) is 1. The van der Waals surface area contributed by atoms with Crippen LogP contribution in [0.25, 0.3) is 0 Å². The summed E-state index contributed by atoms with van der Waals surface area (Å²) in [6, 6.07) is 7.18. The molecule has 0 bridgehead atoms. The van der Waals surface area contributed by atoms with E-state index in [4.69, 9.17) is 0 Å². The van der Waals surface area contributed by atoms with Gasteiger partial charge in [-0.25, -0.2) is 0 Å². The van der Waals surface area contributed by atoms with Crippen molar-refractivity contribution < 1.29 is 9.59 Å². The van der Waals surface area contributed by atoms with Crippen molar-refractivity contribution >= 4 is 23.6 Å². The second-order valence-electron chi connectivity index (χ2n) is 6.07. The highest BCUT2D eigenvalue weighted by molar-refractivity contribution is 8.00. The number of carbonyl (C=O) groups excluding carboxylic acids is 2. The lowest BCUT2D eigenvalue weighted by atomic mass is 10.1. The molecule has 0 heterocycles. The minimum Gasteiger partial charge on any atom is -0.345 e. The number of nitrogens with one attached hydrogen (secondary N) is 1. The fourth-order valence-electron chi connectivity index (χ4n) is 2.54. The van der Waals surface area contributed by atoms with Gasteiger partial charge in [-0.2, -0.15) is 0 Å². The van der Waals surface area contributed by atoms with Crippen LogP contribution >= 0.6 is 11.8 Å². The number of rotatable bonds is 5. The summed E-state index contributed by atoms with van der Waals surface area (Å²) in [4.78, 5) is 25.1. The summed E-state index contributed by atoms with van der Waals surface area (Å²) >= 11 is 1.76. The van der Waals surface area contributed by atoms with Gasteiger partial charge in [-0.15, -0.1) is 11.8 Å². The van der Waals surface area contributed by atoms with E-state index < -0.39 is 0 Å². The van der Waals surface area contributed by atoms with Gasteiger partial charge in [-0.3, -0.25) is 9.59 Å². The van der Waals surface area contributed by atoms with Crippen LogP contribution in [0.2, 0.25) is 0 Å². The molecule has 2 rings (SSSR count). The number of thioether (sulfide) groups is 1. The first kappa shape index (κ1) is 18.4. The number of carbonyl (C=O) groups is 2. The molecule has 1 fully saturated rings. The first-order valence-electron chi connectivity index (χ1n) is 8.25. The van der Waals surface area contributed by atoms with Crippen LogP contribution in [-0.4, -0.2) is 48.4 Å². The van der Waals surface area contributed by atoms with Crippen LogP contribution in [0.5, 0.6) is 0 Å². The third-order valence-corrected chi connectivity index (χ3v) is 5.27. The lowest BCUT2D eigenvalue weighted by Gasteiger charge is -2.09. The second kappa shape index (κ2) is 9.39. The van der Waals surface area contributed by atoms with Crippen LogP contribution < -0.4 is 5.32 Å². The van der Waals surface area contributed by atoms with E-state index in [0.717, 1.165) is 5.56 Å². The van der Waals surface area contributed by atoms with Gasteiger partial charge in [0.25, 0.3) is 5.91 Å². The number of hydrogen-bond acceptors (Lipinski definition) is 3. The summed E-state index contributed by atoms with van der Waals surface area (Å²) in [6.45, 7) is 0.350. The van der Waals surface area contributed by atoms with E-state index in [1.54, 1.807) is 42.9 Å². The molecular weight excluding hydrogens is 320 g/mol. The van der Waals surface area contributed by atoms with Crippen molar-refractivity contribution in [3.8, 4) is 11.8 Å². The Labute approximate surface area is 148 Å². The van der Waals surface area contributed by atoms with Crippen molar-refractivity contribution in [2.75, 3.05) is 26.4 Å². The van der Waals surface area contributed by atoms with E-state index in [1.165, 1.54) is 25.7 Å². The van der Waals surface area contributed by atoms with Crippen LogP contribution in [0, 0.1) is 11.8 Å². The third kappa shape index (κ3) is 5.93. The van der Waals surface area contributed by atoms with Crippen LogP contribution in [-0.2, 0) is 4.79 Å². The van der Waals surface area contributed by atoms with Gasteiger partial charge < -0.3 is 10.2 Å². The molecule has 0 unspecified atom stereocenters. The Morgan fingerprint density at radius 1 is 1.21 bits per heavy atom. The standard InChI is InChI=1S/C19H24N2O2S/c1-21(2)19(23)16-11-9-15(10-12-16)6-5-13-20-18(22)14-24-17-7-3-4-8-17/h9-12,17H,3-4,7-8,13-14H2,1-2H3,(H,20,22). The molecule has 0 saturated heterocycles. The lowest BCUT2D eigenvalue weighted by Crippen LogP contribution is -2.26. The highest BCUT2D eigenvalue weighted by Gasteiger charge is 2.16. The Hall–Kier alpha value is -1.93. The zero-order chi connectivity index (χ0) is 17.4. The maximum absolute atomic E-state index is 11.8. The first-order valence-corrected chi connectivity index (χ1v) is 9.30. The van der Waals surface area contributed by atoms with E-state index >= 15 is 0 Å². The van der Waals surface area contributed by atoms with Gasteiger partial charge in [-0.1, -0.05) is 24.7 Å². The van der Waals surface area contributed by atoms with Gasteiger partial charge in [0.05, 0.1) is 12.3 Å². The molecule has 0 aromatic heterocycles. The third-order valence-electron chi connectivity index (χ3n) is 3.90. The molecule has 5 heteroatoms. The molecule has 24 heavy (non-hydrogen) atoms. The van der Waals surface area contributed by atoms with Crippen LogP contribution in [0.1, 0.15) is 41.6 Å². The van der Waals surface area contributed by atoms with Crippen molar-refractivity contribution in [2.45, 2.75) is 30.9 Å². The van der Waals surface area contributed by atoms with Crippen molar-refractivity contribution in [1.29, 1.82) is 0 Å². The molecule has 1 saturated carbocycles. The zero-order valence-corrected chi connectivity index (χ0v) is 15.1. The highest BCUT2D eigenvalue weighted by atomic mass is 32.2. The predicted octanol–water partition coefficient (Wildman–Crippen LogP) is 2.53. The highest BCUT2D eigenvalue weighted by Crippen LogP contribution is 2.28. The molecule has 0 aliphatic heterocycles.